The minimum atomic E-state index is 0.156. The molecule has 3 rings (SSSR count). The van der Waals surface area contributed by atoms with Crippen molar-refractivity contribution < 1.29 is 0 Å². The van der Waals surface area contributed by atoms with Gasteiger partial charge in [0.25, 0.3) is 0 Å². The van der Waals surface area contributed by atoms with E-state index >= 15 is 0 Å². The van der Waals surface area contributed by atoms with Crippen LogP contribution in [-0.2, 0) is 18.9 Å². The molecule has 1 aliphatic heterocycles. The van der Waals surface area contributed by atoms with Crippen molar-refractivity contribution in [3.8, 4) is 0 Å². The number of halogens is 1. The second kappa shape index (κ2) is 4.90. The first-order valence-electron chi connectivity index (χ1n) is 6.98. The van der Waals surface area contributed by atoms with Gasteiger partial charge in [-0.05, 0) is 25.8 Å². The van der Waals surface area contributed by atoms with Gasteiger partial charge in [-0.25, -0.2) is 0 Å². The van der Waals surface area contributed by atoms with Crippen LogP contribution in [0, 0.1) is 13.8 Å². The van der Waals surface area contributed by atoms with Gasteiger partial charge in [-0.3, -0.25) is 4.68 Å². The van der Waals surface area contributed by atoms with Crippen molar-refractivity contribution in [2.75, 3.05) is 13.1 Å². The van der Waals surface area contributed by atoms with Crippen LogP contribution in [0.1, 0.15) is 22.4 Å². The van der Waals surface area contributed by atoms with Crippen molar-refractivity contribution in [3.63, 3.8) is 0 Å². The Labute approximate surface area is 124 Å². The third-order valence-corrected chi connectivity index (χ3v) is 4.82. The zero-order valence-electron chi connectivity index (χ0n) is 12.2. The van der Waals surface area contributed by atoms with E-state index in [9.17, 15) is 0 Å². The predicted molar refractivity (Wildman–Crippen MR) is 82.4 cm³/mol. The van der Waals surface area contributed by atoms with Crippen LogP contribution < -0.4 is 5.32 Å². The lowest BCUT2D eigenvalue weighted by atomic mass is 9.71. The third-order valence-electron chi connectivity index (χ3n) is 4.34. The summed E-state index contributed by atoms with van der Waals surface area (Å²) in [5.41, 5.74) is 5.08. The van der Waals surface area contributed by atoms with Crippen LogP contribution >= 0.6 is 11.6 Å². The van der Waals surface area contributed by atoms with Crippen LogP contribution in [0.5, 0.6) is 0 Å². The first kappa shape index (κ1) is 13.7. The minimum absolute atomic E-state index is 0.156. The molecular weight excluding hydrogens is 270 g/mol. The molecule has 1 N–H and O–H groups in total. The molecule has 1 aliphatic rings. The lowest BCUT2D eigenvalue weighted by Crippen LogP contribution is -2.58. The van der Waals surface area contributed by atoms with Crippen molar-refractivity contribution in [2.24, 2.45) is 7.05 Å². The molecule has 0 radical (unpaired) electrons. The molecule has 2 heterocycles. The maximum absolute atomic E-state index is 6.40. The van der Waals surface area contributed by atoms with Gasteiger partial charge in [0.05, 0.1) is 5.69 Å². The Morgan fingerprint density at radius 2 is 2.10 bits per heavy atom. The normalized spacial score (nSPS) is 17.0. The molecule has 106 valence electrons. The van der Waals surface area contributed by atoms with E-state index in [0.717, 1.165) is 30.4 Å². The largest absolute Gasteiger partial charge is 0.315 e. The highest BCUT2D eigenvalue weighted by Gasteiger charge is 2.40. The van der Waals surface area contributed by atoms with E-state index in [1.807, 2.05) is 14.0 Å². The molecule has 1 saturated heterocycles. The Morgan fingerprint density at radius 1 is 1.35 bits per heavy atom. The fourth-order valence-electron chi connectivity index (χ4n) is 3.05. The predicted octanol–water partition coefficient (Wildman–Crippen LogP) is 2.77. The van der Waals surface area contributed by atoms with Crippen molar-refractivity contribution >= 4 is 11.6 Å². The molecule has 1 aromatic heterocycles. The summed E-state index contributed by atoms with van der Waals surface area (Å²) in [5.74, 6) is 0. The standard InChI is InChI=1S/C16H20ClN3/c1-11-5-4-6-13(7-11)16(9-18-10-16)8-14-12(2)19-20(3)15(14)17/h4-7,18H,8-10H2,1-3H3. The van der Waals surface area contributed by atoms with Crippen molar-refractivity contribution in [3.05, 3.63) is 51.8 Å². The lowest BCUT2D eigenvalue weighted by Gasteiger charge is -2.43. The number of rotatable bonds is 3. The average Bonchev–Trinajstić information content (AvgIpc) is 2.59. The number of nitrogens with zero attached hydrogens (tertiary/aromatic N) is 2. The zero-order valence-corrected chi connectivity index (χ0v) is 13.0. The smallest absolute Gasteiger partial charge is 0.130 e. The molecule has 0 aliphatic carbocycles. The number of aryl methyl sites for hydroxylation is 3. The lowest BCUT2D eigenvalue weighted by molar-refractivity contribution is 0.274. The molecule has 0 bridgehead atoms. The van der Waals surface area contributed by atoms with Gasteiger partial charge < -0.3 is 5.32 Å². The molecule has 0 unspecified atom stereocenters. The van der Waals surface area contributed by atoms with Crippen LogP contribution in [-0.4, -0.2) is 22.9 Å². The van der Waals surface area contributed by atoms with Crippen LogP contribution in [0.2, 0.25) is 5.15 Å². The monoisotopic (exact) mass is 289 g/mol. The maximum atomic E-state index is 6.40. The van der Waals surface area contributed by atoms with Crippen LogP contribution in [0.15, 0.2) is 24.3 Å². The van der Waals surface area contributed by atoms with E-state index in [0.29, 0.717) is 0 Å². The summed E-state index contributed by atoms with van der Waals surface area (Å²) in [5, 5.41) is 8.61. The van der Waals surface area contributed by atoms with Gasteiger partial charge in [0.1, 0.15) is 5.15 Å². The van der Waals surface area contributed by atoms with Crippen LogP contribution in [0.4, 0.5) is 0 Å². The second-order valence-electron chi connectivity index (χ2n) is 5.91. The highest BCUT2D eigenvalue weighted by Crippen LogP contribution is 2.35. The average molecular weight is 290 g/mol. The summed E-state index contributed by atoms with van der Waals surface area (Å²) in [6.45, 7) is 6.19. The molecule has 1 aromatic carbocycles. The molecule has 20 heavy (non-hydrogen) atoms. The number of aromatic nitrogens is 2. The van der Waals surface area contributed by atoms with Crippen molar-refractivity contribution in [1.29, 1.82) is 0 Å². The topological polar surface area (TPSA) is 29.9 Å². The van der Waals surface area contributed by atoms with Gasteiger partial charge in [0.2, 0.25) is 0 Å². The fraction of sp³-hybridized carbons (Fsp3) is 0.438. The van der Waals surface area contributed by atoms with Crippen LogP contribution in [0.3, 0.4) is 0 Å². The quantitative estimate of drug-likeness (QED) is 0.942. The van der Waals surface area contributed by atoms with E-state index in [1.54, 1.807) is 4.68 Å². The molecule has 1 fully saturated rings. The van der Waals surface area contributed by atoms with Crippen LogP contribution in [0.25, 0.3) is 0 Å². The zero-order chi connectivity index (χ0) is 14.3. The molecular formula is C16H20ClN3. The molecule has 2 aromatic rings. The van der Waals surface area contributed by atoms with Crippen molar-refractivity contribution in [1.82, 2.24) is 15.1 Å². The molecule has 0 amide bonds. The Kier molecular flexibility index (Phi) is 3.35. The highest BCUT2D eigenvalue weighted by molar-refractivity contribution is 6.30. The minimum Gasteiger partial charge on any atom is -0.315 e. The van der Waals surface area contributed by atoms with E-state index < -0.39 is 0 Å². The summed E-state index contributed by atoms with van der Waals surface area (Å²) in [4.78, 5) is 0. The van der Waals surface area contributed by atoms with Gasteiger partial charge in [0.15, 0.2) is 0 Å². The Morgan fingerprint density at radius 3 is 2.60 bits per heavy atom. The van der Waals surface area contributed by atoms with Gasteiger partial charge in [-0.1, -0.05) is 41.4 Å². The van der Waals surface area contributed by atoms with E-state index in [2.05, 4.69) is 41.6 Å². The van der Waals surface area contributed by atoms with Gasteiger partial charge in [-0.2, -0.15) is 5.10 Å². The number of benzene rings is 1. The first-order chi connectivity index (χ1) is 9.52. The number of nitrogens with one attached hydrogen (secondary N) is 1. The first-order valence-corrected chi connectivity index (χ1v) is 7.35. The van der Waals surface area contributed by atoms with E-state index in [1.165, 1.54) is 16.7 Å². The van der Waals surface area contributed by atoms with E-state index in [-0.39, 0.29) is 5.41 Å². The molecule has 0 saturated carbocycles. The molecule has 0 spiro atoms. The Hall–Kier alpha value is -1.32. The molecule has 3 nitrogen and oxygen atoms in total. The Balaban J connectivity index is 1.98. The summed E-state index contributed by atoms with van der Waals surface area (Å²) >= 11 is 6.40. The summed E-state index contributed by atoms with van der Waals surface area (Å²) in [6, 6.07) is 8.81. The number of hydrogen-bond acceptors (Lipinski definition) is 2. The second-order valence-corrected chi connectivity index (χ2v) is 6.27. The Bertz CT molecular complexity index is 641. The summed E-state index contributed by atoms with van der Waals surface area (Å²) in [7, 11) is 1.90. The van der Waals surface area contributed by atoms with Gasteiger partial charge in [0, 0.05) is 31.1 Å². The van der Waals surface area contributed by atoms with Crippen molar-refractivity contribution in [2.45, 2.75) is 25.7 Å². The fourth-order valence-corrected chi connectivity index (χ4v) is 3.29. The summed E-state index contributed by atoms with van der Waals surface area (Å²) < 4.78 is 1.77. The third kappa shape index (κ3) is 2.15. The highest BCUT2D eigenvalue weighted by atomic mass is 35.5. The molecule has 0 atom stereocenters. The molecule has 4 heteroatoms. The number of hydrogen-bond donors (Lipinski definition) is 1. The maximum Gasteiger partial charge on any atom is 0.130 e. The summed E-state index contributed by atoms with van der Waals surface area (Å²) in [6.07, 6.45) is 0.946. The van der Waals surface area contributed by atoms with Gasteiger partial charge >= 0.3 is 0 Å². The van der Waals surface area contributed by atoms with Gasteiger partial charge in [-0.15, -0.1) is 0 Å². The van der Waals surface area contributed by atoms with E-state index in [4.69, 9.17) is 11.6 Å². The SMILES string of the molecule is Cc1cccc(C2(Cc3c(C)nn(C)c3Cl)CNC2)c1.